The fraction of sp³-hybridized carbons (Fsp3) is 0.105. The van der Waals surface area contributed by atoms with Gasteiger partial charge in [0.25, 0.3) is 0 Å². The van der Waals surface area contributed by atoms with Gasteiger partial charge >= 0.3 is 5.97 Å². The van der Waals surface area contributed by atoms with Crippen molar-refractivity contribution in [2.75, 3.05) is 11.9 Å². The van der Waals surface area contributed by atoms with E-state index in [4.69, 9.17) is 4.74 Å². The highest BCUT2D eigenvalue weighted by Crippen LogP contribution is 2.24. The second kappa shape index (κ2) is 8.19. The smallest absolute Gasteiger partial charge is 0.343 e. The predicted molar refractivity (Wildman–Crippen MR) is 106 cm³/mol. The summed E-state index contributed by atoms with van der Waals surface area (Å²) in [4.78, 5) is 16.4. The first-order valence-corrected chi connectivity index (χ1v) is 8.92. The molecule has 0 amide bonds. The number of nitrogens with one attached hydrogen (secondary N) is 2. The average Bonchev–Trinajstić information content (AvgIpc) is 3.45. The Bertz CT molecular complexity index is 1270. The molecule has 0 spiro atoms. The van der Waals surface area contributed by atoms with E-state index < -0.39 is 5.97 Å². The quantitative estimate of drug-likeness (QED) is 0.366. The number of anilines is 1. The molecule has 0 aliphatic rings. The molecule has 4 aromatic rings. The standard InChI is InChI=1S/C19H15N9O2/c1-2-30-19(29)15-11-23-28-16(6-7-21-18(15)28)12-4-3-5-14(8-12)22-10-13(9-20)17-24-26-27-25-17/h3-8,10-11,22H,2H2,1H3,(H,24,25,26,27). The van der Waals surface area contributed by atoms with E-state index in [0.717, 1.165) is 16.9 Å². The molecule has 0 saturated carbocycles. The van der Waals surface area contributed by atoms with E-state index in [-0.39, 0.29) is 18.0 Å². The molecule has 148 valence electrons. The second-order valence-electron chi connectivity index (χ2n) is 5.97. The molecule has 0 bridgehead atoms. The van der Waals surface area contributed by atoms with Gasteiger partial charge in [-0.15, -0.1) is 10.2 Å². The Hall–Kier alpha value is -4.59. The molecule has 0 fully saturated rings. The molecule has 2 N–H and O–H groups in total. The van der Waals surface area contributed by atoms with E-state index in [9.17, 15) is 10.1 Å². The normalized spacial score (nSPS) is 11.3. The minimum Gasteiger partial charge on any atom is -0.462 e. The van der Waals surface area contributed by atoms with E-state index in [1.807, 2.05) is 30.3 Å². The zero-order valence-electron chi connectivity index (χ0n) is 15.8. The number of fused-ring (bicyclic) bond motifs is 1. The monoisotopic (exact) mass is 401 g/mol. The molecule has 0 unspecified atom stereocenters. The third kappa shape index (κ3) is 3.57. The highest BCUT2D eigenvalue weighted by molar-refractivity contribution is 5.96. The number of esters is 1. The van der Waals surface area contributed by atoms with Gasteiger partial charge in [0.05, 0.1) is 18.5 Å². The molecule has 4 rings (SSSR count). The number of tetrazole rings is 1. The first kappa shape index (κ1) is 18.8. The van der Waals surface area contributed by atoms with Gasteiger partial charge in [-0.2, -0.15) is 15.6 Å². The van der Waals surface area contributed by atoms with Crippen LogP contribution < -0.4 is 5.32 Å². The van der Waals surface area contributed by atoms with Crippen molar-refractivity contribution < 1.29 is 9.53 Å². The van der Waals surface area contributed by atoms with Crippen molar-refractivity contribution in [3.05, 3.63) is 60.3 Å². The number of allylic oxidation sites excluding steroid dienone is 1. The van der Waals surface area contributed by atoms with Crippen LogP contribution in [0.3, 0.4) is 0 Å². The Morgan fingerprint density at radius 2 is 2.30 bits per heavy atom. The maximum Gasteiger partial charge on any atom is 0.343 e. The SMILES string of the molecule is CCOC(=O)c1cnn2c(-c3cccc(NC=C(C#N)c4nn[nH]n4)c3)ccnc12. The minimum atomic E-state index is -0.469. The van der Waals surface area contributed by atoms with Gasteiger partial charge in [0.1, 0.15) is 17.2 Å². The molecular formula is C19H15N9O2. The Morgan fingerprint density at radius 1 is 1.40 bits per heavy atom. The molecule has 0 saturated heterocycles. The maximum absolute atomic E-state index is 12.1. The molecule has 30 heavy (non-hydrogen) atoms. The topological polar surface area (TPSA) is 147 Å². The van der Waals surface area contributed by atoms with Crippen LogP contribution in [0, 0.1) is 11.3 Å². The van der Waals surface area contributed by atoms with Crippen LogP contribution in [0.15, 0.2) is 48.9 Å². The van der Waals surface area contributed by atoms with Gasteiger partial charge in [-0.05, 0) is 30.3 Å². The van der Waals surface area contributed by atoms with Crippen LogP contribution in [-0.4, -0.2) is 47.8 Å². The highest BCUT2D eigenvalue weighted by atomic mass is 16.5. The number of hydrogen-bond donors (Lipinski definition) is 2. The number of aromatic amines is 1. The van der Waals surface area contributed by atoms with Crippen LogP contribution in [0.1, 0.15) is 23.1 Å². The number of benzene rings is 1. The first-order valence-electron chi connectivity index (χ1n) is 8.92. The molecule has 11 heteroatoms. The van der Waals surface area contributed by atoms with E-state index in [2.05, 4.69) is 36.0 Å². The van der Waals surface area contributed by atoms with E-state index in [1.54, 1.807) is 23.7 Å². The molecule has 1 aromatic carbocycles. The summed E-state index contributed by atoms with van der Waals surface area (Å²) >= 11 is 0. The summed E-state index contributed by atoms with van der Waals surface area (Å²) in [6, 6.07) is 11.3. The summed E-state index contributed by atoms with van der Waals surface area (Å²) in [6.07, 6.45) is 4.55. The second-order valence-corrected chi connectivity index (χ2v) is 5.97. The van der Waals surface area contributed by atoms with E-state index in [1.165, 1.54) is 12.4 Å². The first-order chi connectivity index (χ1) is 14.7. The van der Waals surface area contributed by atoms with Crippen molar-refractivity contribution in [2.24, 2.45) is 0 Å². The van der Waals surface area contributed by atoms with Gasteiger partial charge in [0, 0.05) is 23.6 Å². The number of carbonyl (C=O) groups is 1. The number of nitrogens with zero attached hydrogens (tertiary/aromatic N) is 7. The lowest BCUT2D eigenvalue weighted by atomic mass is 10.1. The van der Waals surface area contributed by atoms with Crippen molar-refractivity contribution in [2.45, 2.75) is 6.92 Å². The predicted octanol–water partition coefficient (Wildman–Crippen LogP) is 2.06. The van der Waals surface area contributed by atoms with Crippen LogP contribution >= 0.6 is 0 Å². The molecule has 3 heterocycles. The summed E-state index contributed by atoms with van der Waals surface area (Å²) in [6.45, 7) is 2.01. The van der Waals surface area contributed by atoms with Gasteiger partial charge < -0.3 is 10.1 Å². The van der Waals surface area contributed by atoms with Gasteiger partial charge in [-0.1, -0.05) is 12.1 Å². The lowest BCUT2D eigenvalue weighted by Gasteiger charge is -2.08. The van der Waals surface area contributed by atoms with Crippen molar-refractivity contribution >= 4 is 22.9 Å². The number of aromatic nitrogens is 7. The Kier molecular flexibility index (Phi) is 5.12. The average molecular weight is 401 g/mol. The Labute approximate surface area is 170 Å². The van der Waals surface area contributed by atoms with Gasteiger partial charge in [0.15, 0.2) is 5.65 Å². The van der Waals surface area contributed by atoms with Crippen LogP contribution in [0.4, 0.5) is 5.69 Å². The molecule has 0 atom stereocenters. The zero-order valence-corrected chi connectivity index (χ0v) is 15.8. The lowest BCUT2D eigenvalue weighted by Crippen LogP contribution is -2.05. The zero-order chi connectivity index (χ0) is 20.9. The number of nitriles is 1. The number of rotatable bonds is 6. The molecule has 3 aromatic heterocycles. The van der Waals surface area contributed by atoms with Crippen molar-refractivity contribution in [1.29, 1.82) is 5.26 Å². The number of hydrogen-bond acceptors (Lipinski definition) is 9. The number of ether oxygens (including phenoxy) is 1. The molecular weight excluding hydrogens is 386 g/mol. The Balaban J connectivity index is 1.67. The summed E-state index contributed by atoms with van der Waals surface area (Å²) in [5, 5.41) is 30.0. The molecule has 0 radical (unpaired) electrons. The third-order valence-electron chi connectivity index (χ3n) is 4.14. The fourth-order valence-corrected chi connectivity index (χ4v) is 2.81. The van der Waals surface area contributed by atoms with E-state index in [0.29, 0.717) is 11.2 Å². The summed E-state index contributed by atoms with van der Waals surface area (Å²) in [5.74, 6) is -0.275. The van der Waals surface area contributed by atoms with E-state index >= 15 is 0 Å². The van der Waals surface area contributed by atoms with Crippen molar-refractivity contribution in [1.82, 2.24) is 35.2 Å². The fourth-order valence-electron chi connectivity index (χ4n) is 2.81. The summed E-state index contributed by atoms with van der Waals surface area (Å²) in [7, 11) is 0. The van der Waals surface area contributed by atoms with Crippen LogP contribution in [0.2, 0.25) is 0 Å². The molecule has 11 nitrogen and oxygen atoms in total. The van der Waals surface area contributed by atoms with Crippen molar-refractivity contribution in [3.63, 3.8) is 0 Å². The minimum absolute atomic E-state index is 0.194. The largest absolute Gasteiger partial charge is 0.462 e. The number of carbonyl (C=O) groups excluding carboxylic acids is 1. The van der Waals surface area contributed by atoms with Gasteiger partial charge in [-0.25, -0.2) is 14.3 Å². The highest BCUT2D eigenvalue weighted by Gasteiger charge is 2.17. The summed E-state index contributed by atoms with van der Waals surface area (Å²) in [5.41, 5.74) is 3.24. The van der Waals surface area contributed by atoms with Crippen LogP contribution in [-0.2, 0) is 4.74 Å². The summed E-state index contributed by atoms with van der Waals surface area (Å²) < 4.78 is 6.65. The molecule has 0 aliphatic carbocycles. The number of H-pyrrole nitrogens is 1. The van der Waals surface area contributed by atoms with Gasteiger partial charge in [-0.3, -0.25) is 0 Å². The van der Waals surface area contributed by atoms with Crippen molar-refractivity contribution in [3.8, 4) is 17.3 Å². The lowest BCUT2D eigenvalue weighted by molar-refractivity contribution is 0.0528. The third-order valence-corrected chi connectivity index (χ3v) is 4.14. The van der Waals surface area contributed by atoms with Crippen LogP contribution in [0.5, 0.6) is 0 Å². The Morgan fingerprint density at radius 3 is 3.07 bits per heavy atom. The van der Waals surface area contributed by atoms with Crippen LogP contribution in [0.25, 0.3) is 22.5 Å². The van der Waals surface area contributed by atoms with Gasteiger partial charge in [0.2, 0.25) is 5.82 Å². The molecule has 0 aliphatic heterocycles. The maximum atomic E-state index is 12.1.